The van der Waals surface area contributed by atoms with Crippen LogP contribution in [0.1, 0.15) is 13.8 Å². The summed E-state index contributed by atoms with van der Waals surface area (Å²) in [6.07, 6.45) is 5.62. The predicted molar refractivity (Wildman–Crippen MR) is 48.3 cm³/mol. The number of aliphatic imine (C=N–C) groups is 1. The normalized spacial score (nSPS) is 23.6. The highest BCUT2D eigenvalue weighted by Crippen LogP contribution is 2.10. The van der Waals surface area contributed by atoms with Gasteiger partial charge in [0, 0.05) is 17.5 Å². The predicted octanol–water partition coefficient (Wildman–Crippen LogP) is 1.98. The van der Waals surface area contributed by atoms with E-state index in [0.29, 0.717) is 0 Å². The van der Waals surface area contributed by atoms with Gasteiger partial charge in [0.1, 0.15) is 5.84 Å². The molecule has 0 atom stereocenters. The molecule has 0 aromatic rings. The SMILES string of the molecule is C=C/N=C1/NC(C)=C/C1=C/C. The molecule has 0 unspecified atom stereocenters. The van der Waals surface area contributed by atoms with Crippen LogP contribution in [-0.2, 0) is 0 Å². The molecule has 0 bridgehead atoms. The van der Waals surface area contributed by atoms with Gasteiger partial charge in [-0.1, -0.05) is 12.7 Å². The highest BCUT2D eigenvalue weighted by atomic mass is 15.0. The Bertz CT molecular complexity index is 257. The van der Waals surface area contributed by atoms with Gasteiger partial charge < -0.3 is 5.32 Å². The lowest BCUT2D eigenvalue weighted by atomic mass is 10.2. The van der Waals surface area contributed by atoms with Crippen LogP contribution in [0.3, 0.4) is 0 Å². The van der Waals surface area contributed by atoms with Crippen LogP contribution in [0.4, 0.5) is 0 Å². The van der Waals surface area contributed by atoms with E-state index in [0.717, 1.165) is 17.1 Å². The van der Waals surface area contributed by atoms with Crippen molar-refractivity contribution in [3.8, 4) is 0 Å². The van der Waals surface area contributed by atoms with Crippen molar-refractivity contribution in [2.45, 2.75) is 13.8 Å². The Morgan fingerprint density at radius 3 is 2.91 bits per heavy atom. The van der Waals surface area contributed by atoms with Crippen molar-refractivity contribution in [1.29, 1.82) is 0 Å². The Morgan fingerprint density at radius 1 is 1.64 bits per heavy atom. The lowest BCUT2D eigenvalue weighted by Gasteiger charge is -1.97. The lowest BCUT2D eigenvalue weighted by molar-refractivity contribution is 1.15. The maximum absolute atomic E-state index is 4.08. The average Bonchev–Trinajstić information content (AvgIpc) is 2.32. The molecule has 2 nitrogen and oxygen atoms in total. The topological polar surface area (TPSA) is 24.4 Å². The number of rotatable bonds is 1. The van der Waals surface area contributed by atoms with Crippen LogP contribution in [0.25, 0.3) is 0 Å². The van der Waals surface area contributed by atoms with Gasteiger partial charge in [0.05, 0.1) is 0 Å². The van der Waals surface area contributed by atoms with E-state index < -0.39 is 0 Å². The molecule has 1 N–H and O–H groups in total. The van der Waals surface area contributed by atoms with Crippen molar-refractivity contribution < 1.29 is 0 Å². The summed E-state index contributed by atoms with van der Waals surface area (Å²) < 4.78 is 0. The zero-order valence-corrected chi connectivity index (χ0v) is 6.89. The first-order valence-corrected chi connectivity index (χ1v) is 3.58. The van der Waals surface area contributed by atoms with E-state index in [1.165, 1.54) is 6.20 Å². The second kappa shape index (κ2) is 3.19. The fourth-order valence-electron chi connectivity index (χ4n) is 1.01. The number of nitrogens with one attached hydrogen (secondary N) is 1. The average molecular weight is 148 g/mol. The largest absolute Gasteiger partial charge is 0.344 e. The summed E-state index contributed by atoms with van der Waals surface area (Å²) >= 11 is 0. The molecule has 0 saturated heterocycles. The van der Waals surface area contributed by atoms with E-state index in [-0.39, 0.29) is 0 Å². The highest BCUT2D eigenvalue weighted by molar-refractivity contribution is 6.04. The number of allylic oxidation sites excluding steroid dienone is 2. The van der Waals surface area contributed by atoms with E-state index >= 15 is 0 Å². The Labute approximate surface area is 67.0 Å². The van der Waals surface area contributed by atoms with E-state index in [4.69, 9.17) is 0 Å². The van der Waals surface area contributed by atoms with Gasteiger partial charge >= 0.3 is 0 Å². The highest BCUT2D eigenvalue weighted by Gasteiger charge is 2.10. The second-order valence-corrected chi connectivity index (χ2v) is 2.36. The summed E-state index contributed by atoms with van der Waals surface area (Å²) in [4.78, 5) is 4.08. The summed E-state index contributed by atoms with van der Waals surface area (Å²) in [5.74, 6) is 0.889. The van der Waals surface area contributed by atoms with Gasteiger partial charge in [-0.3, -0.25) is 0 Å². The van der Waals surface area contributed by atoms with Gasteiger partial charge in [0.2, 0.25) is 0 Å². The first kappa shape index (κ1) is 7.79. The van der Waals surface area contributed by atoms with E-state index in [2.05, 4.69) is 23.0 Å². The van der Waals surface area contributed by atoms with Crippen molar-refractivity contribution in [2.75, 3.05) is 0 Å². The van der Waals surface area contributed by atoms with E-state index in [1.807, 2.05) is 19.9 Å². The molecule has 1 heterocycles. The molecule has 0 spiro atoms. The van der Waals surface area contributed by atoms with Crippen molar-refractivity contribution in [3.05, 3.63) is 36.2 Å². The maximum atomic E-state index is 4.08. The summed E-state index contributed by atoms with van der Waals surface area (Å²) in [6, 6.07) is 0. The van der Waals surface area contributed by atoms with Gasteiger partial charge in [-0.2, -0.15) is 0 Å². The number of amidine groups is 1. The lowest BCUT2D eigenvalue weighted by Crippen LogP contribution is -2.15. The van der Waals surface area contributed by atoms with Gasteiger partial charge in [-0.25, -0.2) is 4.99 Å². The van der Waals surface area contributed by atoms with E-state index in [1.54, 1.807) is 0 Å². The molecular formula is C9H12N2. The van der Waals surface area contributed by atoms with Crippen LogP contribution in [0.2, 0.25) is 0 Å². The molecule has 2 heteroatoms. The minimum atomic E-state index is 0.889. The molecule has 0 fully saturated rings. The molecule has 0 aliphatic carbocycles. The third-order valence-electron chi connectivity index (χ3n) is 1.49. The van der Waals surface area contributed by atoms with Crippen molar-refractivity contribution >= 4 is 5.84 Å². The molecule has 1 aliphatic heterocycles. The first-order valence-electron chi connectivity index (χ1n) is 3.58. The molecule has 0 aromatic carbocycles. The standard InChI is InChI=1S/C9H12N2/c1-4-8-6-7(3)11-9(8)10-5-2/h4-6H,2H2,1,3H3,(H,10,11)/b8-4-. The van der Waals surface area contributed by atoms with Gasteiger partial charge in [0.25, 0.3) is 0 Å². The third-order valence-corrected chi connectivity index (χ3v) is 1.49. The Balaban J connectivity index is 2.92. The Kier molecular flexibility index (Phi) is 2.26. The monoisotopic (exact) mass is 148 g/mol. The quantitative estimate of drug-likeness (QED) is 0.604. The van der Waals surface area contributed by atoms with Gasteiger partial charge in [0.15, 0.2) is 0 Å². The minimum Gasteiger partial charge on any atom is -0.344 e. The summed E-state index contributed by atoms with van der Waals surface area (Å²) in [5.41, 5.74) is 2.25. The summed E-state index contributed by atoms with van der Waals surface area (Å²) in [5, 5.41) is 3.13. The molecule has 0 amide bonds. The van der Waals surface area contributed by atoms with Crippen molar-refractivity contribution in [1.82, 2.24) is 5.32 Å². The third kappa shape index (κ3) is 1.58. The van der Waals surface area contributed by atoms with Crippen LogP contribution < -0.4 is 5.32 Å². The molecule has 1 rings (SSSR count). The molecule has 0 radical (unpaired) electrons. The molecule has 0 aromatic heterocycles. The molecular weight excluding hydrogens is 136 g/mol. The first-order chi connectivity index (χ1) is 5.27. The summed E-state index contributed by atoms with van der Waals surface area (Å²) in [7, 11) is 0. The fraction of sp³-hybridized carbons (Fsp3) is 0.222. The van der Waals surface area contributed by atoms with Crippen molar-refractivity contribution in [3.63, 3.8) is 0 Å². The van der Waals surface area contributed by atoms with Crippen molar-refractivity contribution in [2.24, 2.45) is 4.99 Å². The smallest absolute Gasteiger partial charge is 0.137 e. The number of hydrogen-bond donors (Lipinski definition) is 1. The Hall–Kier alpha value is -1.31. The molecule has 58 valence electrons. The van der Waals surface area contributed by atoms with Gasteiger partial charge in [-0.15, -0.1) is 0 Å². The zero-order valence-electron chi connectivity index (χ0n) is 6.89. The van der Waals surface area contributed by atoms with Crippen LogP contribution in [0.15, 0.2) is 41.2 Å². The maximum Gasteiger partial charge on any atom is 0.137 e. The zero-order chi connectivity index (χ0) is 8.27. The second-order valence-electron chi connectivity index (χ2n) is 2.36. The summed E-state index contributed by atoms with van der Waals surface area (Å²) in [6.45, 7) is 7.54. The molecule has 1 aliphatic rings. The molecule has 11 heavy (non-hydrogen) atoms. The fourth-order valence-corrected chi connectivity index (χ4v) is 1.01. The van der Waals surface area contributed by atoms with Crippen LogP contribution >= 0.6 is 0 Å². The van der Waals surface area contributed by atoms with E-state index in [9.17, 15) is 0 Å². The van der Waals surface area contributed by atoms with Gasteiger partial charge in [-0.05, 0) is 19.9 Å². The van der Waals surface area contributed by atoms with Crippen LogP contribution in [-0.4, -0.2) is 5.84 Å². The molecule has 0 saturated carbocycles. The van der Waals surface area contributed by atoms with Crippen LogP contribution in [0.5, 0.6) is 0 Å². The minimum absolute atomic E-state index is 0.889. The van der Waals surface area contributed by atoms with Crippen LogP contribution in [0, 0.1) is 0 Å². The number of hydrogen-bond acceptors (Lipinski definition) is 1. The Morgan fingerprint density at radius 2 is 2.36 bits per heavy atom. The number of nitrogens with zero attached hydrogens (tertiary/aromatic N) is 1.